The first-order valence-electron chi connectivity index (χ1n) is 6.13. The second-order valence-electron chi connectivity index (χ2n) is 4.55. The van der Waals surface area contributed by atoms with E-state index in [1.807, 2.05) is 12.4 Å². The summed E-state index contributed by atoms with van der Waals surface area (Å²) in [5, 5.41) is 0. The molecule has 1 fully saturated rings. The number of aromatic nitrogens is 1. The number of hydrogen-bond donors (Lipinski definition) is 0. The summed E-state index contributed by atoms with van der Waals surface area (Å²) in [6, 6.07) is 15.0. The van der Waals surface area contributed by atoms with Crippen molar-refractivity contribution >= 4 is 5.69 Å². The van der Waals surface area contributed by atoms with Crippen molar-refractivity contribution in [2.75, 3.05) is 18.0 Å². The van der Waals surface area contributed by atoms with E-state index in [2.05, 4.69) is 52.3 Å². The topological polar surface area (TPSA) is 16.1 Å². The maximum atomic E-state index is 4.07. The third kappa shape index (κ3) is 2.16. The molecule has 0 radical (unpaired) electrons. The Morgan fingerprint density at radius 3 is 2.53 bits per heavy atom. The van der Waals surface area contributed by atoms with Crippen LogP contribution in [0.4, 0.5) is 5.69 Å². The lowest BCUT2D eigenvalue weighted by Crippen LogP contribution is -2.18. The first kappa shape index (κ1) is 10.3. The molecule has 1 atom stereocenters. The molecule has 1 aliphatic rings. The Hall–Kier alpha value is -1.83. The molecule has 17 heavy (non-hydrogen) atoms. The lowest BCUT2D eigenvalue weighted by molar-refractivity contribution is 0.775. The minimum Gasteiger partial charge on any atom is -0.371 e. The molecule has 0 amide bonds. The molecular formula is C15H16N2. The number of anilines is 1. The van der Waals surface area contributed by atoms with Crippen LogP contribution in [0.3, 0.4) is 0 Å². The molecule has 1 unspecified atom stereocenters. The summed E-state index contributed by atoms with van der Waals surface area (Å²) in [5.41, 5.74) is 2.75. The fraction of sp³-hybridized carbons (Fsp3) is 0.267. The van der Waals surface area contributed by atoms with Crippen LogP contribution in [0.15, 0.2) is 54.9 Å². The Balaban J connectivity index is 1.75. The number of nitrogens with zero attached hydrogens (tertiary/aromatic N) is 2. The van der Waals surface area contributed by atoms with Gasteiger partial charge in [0.1, 0.15) is 0 Å². The normalized spacial score (nSPS) is 19.5. The van der Waals surface area contributed by atoms with Crippen molar-refractivity contribution in [3.05, 3.63) is 60.4 Å². The van der Waals surface area contributed by atoms with Gasteiger partial charge in [0.15, 0.2) is 0 Å². The van der Waals surface area contributed by atoms with Gasteiger partial charge in [-0.3, -0.25) is 4.98 Å². The van der Waals surface area contributed by atoms with Crippen molar-refractivity contribution < 1.29 is 0 Å². The monoisotopic (exact) mass is 224 g/mol. The predicted octanol–water partition coefficient (Wildman–Crippen LogP) is 3.08. The highest BCUT2D eigenvalue weighted by Crippen LogP contribution is 2.30. The van der Waals surface area contributed by atoms with Crippen molar-refractivity contribution in [3.8, 4) is 0 Å². The quantitative estimate of drug-likeness (QED) is 0.779. The first-order chi connectivity index (χ1) is 8.43. The highest BCUT2D eigenvalue weighted by atomic mass is 15.1. The van der Waals surface area contributed by atoms with Crippen molar-refractivity contribution in [3.63, 3.8) is 0 Å². The second kappa shape index (κ2) is 4.58. The number of pyridine rings is 1. The van der Waals surface area contributed by atoms with Gasteiger partial charge < -0.3 is 4.90 Å². The van der Waals surface area contributed by atoms with E-state index in [0.29, 0.717) is 5.92 Å². The largest absolute Gasteiger partial charge is 0.371 e. The molecule has 0 bridgehead atoms. The third-order valence-electron chi connectivity index (χ3n) is 3.49. The standard InChI is InChI=1S/C15H16N2/c1-2-4-13(5-3-1)14-8-11-17(12-14)15-6-9-16-10-7-15/h1-7,9-10,14H,8,11-12H2. The average Bonchev–Trinajstić information content (AvgIpc) is 2.90. The van der Waals surface area contributed by atoms with Gasteiger partial charge in [-0.05, 0) is 24.1 Å². The Morgan fingerprint density at radius 2 is 1.76 bits per heavy atom. The minimum atomic E-state index is 0.671. The number of rotatable bonds is 2. The number of benzene rings is 1. The lowest BCUT2D eigenvalue weighted by Gasteiger charge is -2.18. The highest BCUT2D eigenvalue weighted by Gasteiger charge is 2.23. The van der Waals surface area contributed by atoms with E-state index in [4.69, 9.17) is 0 Å². The smallest absolute Gasteiger partial charge is 0.0397 e. The molecule has 0 aliphatic carbocycles. The van der Waals surface area contributed by atoms with E-state index in [0.717, 1.165) is 13.1 Å². The van der Waals surface area contributed by atoms with Crippen LogP contribution in [-0.4, -0.2) is 18.1 Å². The van der Waals surface area contributed by atoms with Crippen LogP contribution in [0.25, 0.3) is 0 Å². The zero-order valence-corrected chi connectivity index (χ0v) is 9.79. The van der Waals surface area contributed by atoms with Crippen LogP contribution in [-0.2, 0) is 0 Å². The van der Waals surface area contributed by atoms with E-state index in [9.17, 15) is 0 Å². The van der Waals surface area contributed by atoms with Gasteiger partial charge >= 0.3 is 0 Å². The molecule has 0 saturated carbocycles. The fourth-order valence-corrected chi connectivity index (χ4v) is 2.55. The molecule has 2 nitrogen and oxygen atoms in total. The van der Waals surface area contributed by atoms with Crippen molar-refractivity contribution in [2.24, 2.45) is 0 Å². The average molecular weight is 224 g/mol. The van der Waals surface area contributed by atoms with E-state index in [-0.39, 0.29) is 0 Å². The SMILES string of the molecule is c1ccc(C2CCN(c3ccncc3)C2)cc1. The predicted molar refractivity (Wildman–Crippen MR) is 70.3 cm³/mol. The van der Waals surface area contributed by atoms with Gasteiger partial charge in [0, 0.05) is 37.1 Å². The highest BCUT2D eigenvalue weighted by molar-refractivity contribution is 5.46. The molecule has 1 aliphatic heterocycles. The number of hydrogen-bond acceptors (Lipinski definition) is 2. The Morgan fingerprint density at radius 1 is 1.00 bits per heavy atom. The van der Waals surface area contributed by atoms with E-state index in [1.54, 1.807) is 0 Å². The van der Waals surface area contributed by atoms with Gasteiger partial charge in [-0.1, -0.05) is 30.3 Å². The zero-order chi connectivity index (χ0) is 11.5. The van der Waals surface area contributed by atoms with E-state index >= 15 is 0 Å². The molecule has 86 valence electrons. The van der Waals surface area contributed by atoms with Crippen molar-refractivity contribution in [1.29, 1.82) is 0 Å². The van der Waals surface area contributed by atoms with Crippen LogP contribution in [0.1, 0.15) is 17.9 Å². The van der Waals surface area contributed by atoms with Gasteiger partial charge in [0.2, 0.25) is 0 Å². The van der Waals surface area contributed by atoms with E-state index in [1.165, 1.54) is 17.7 Å². The summed E-state index contributed by atoms with van der Waals surface area (Å²) in [6.07, 6.45) is 4.97. The summed E-state index contributed by atoms with van der Waals surface area (Å²) < 4.78 is 0. The molecule has 0 spiro atoms. The molecule has 2 aromatic rings. The van der Waals surface area contributed by atoms with Crippen molar-refractivity contribution in [1.82, 2.24) is 4.98 Å². The second-order valence-corrected chi connectivity index (χ2v) is 4.55. The summed E-state index contributed by atoms with van der Waals surface area (Å²) in [5.74, 6) is 0.671. The summed E-state index contributed by atoms with van der Waals surface area (Å²) in [7, 11) is 0. The van der Waals surface area contributed by atoms with Crippen LogP contribution >= 0.6 is 0 Å². The molecule has 1 saturated heterocycles. The molecule has 1 aromatic heterocycles. The summed E-state index contributed by atoms with van der Waals surface area (Å²) >= 11 is 0. The summed E-state index contributed by atoms with van der Waals surface area (Å²) in [4.78, 5) is 6.51. The lowest BCUT2D eigenvalue weighted by atomic mass is 9.99. The molecule has 3 rings (SSSR count). The fourth-order valence-electron chi connectivity index (χ4n) is 2.55. The van der Waals surface area contributed by atoms with Crippen LogP contribution in [0, 0.1) is 0 Å². The van der Waals surface area contributed by atoms with Crippen LogP contribution in [0.2, 0.25) is 0 Å². The van der Waals surface area contributed by atoms with Crippen molar-refractivity contribution in [2.45, 2.75) is 12.3 Å². The van der Waals surface area contributed by atoms with Gasteiger partial charge in [-0.15, -0.1) is 0 Å². The maximum Gasteiger partial charge on any atom is 0.0397 e. The molecule has 0 N–H and O–H groups in total. The van der Waals surface area contributed by atoms with Gasteiger partial charge in [0.05, 0.1) is 0 Å². The minimum absolute atomic E-state index is 0.671. The van der Waals surface area contributed by atoms with Crippen LogP contribution in [0.5, 0.6) is 0 Å². The molecule has 1 aromatic carbocycles. The van der Waals surface area contributed by atoms with E-state index < -0.39 is 0 Å². The Labute approximate surface area is 102 Å². The first-order valence-corrected chi connectivity index (χ1v) is 6.13. The van der Waals surface area contributed by atoms with Crippen LogP contribution < -0.4 is 4.90 Å². The third-order valence-corrected chi connectivity index (χ3v) is 3.49. The molecular weight excluding hydrogens is 208 g/mol. The summed E-state index contributed by atoms with van der Waals surface area (Å²) in [6.45, 7) is 2.26. The van der Waals surface area contributed by atoms with Gasteiger partial charge in [-0.25, -0.2) is 0 Å². The Kier molecular flexibility index (Phi) is 2.78. The van der Waals surface area contributed by atoms with Gasteiger partial charge in [0.25, 0.3) is 0 Å². The molecule has 2 heterocycles. The molecule has 2 heteroatoms. The van der Waals surface area contributed by atoms with Gasteiger partial charge in [-0.2, -0.15) is 0 Å². The zero-order valence-electron chi connectivity index (χ0n) is 9.79. The maximum absolute atomic E-state index is 4.07. The Bertz CT molecular complexity index is 421.